The molecule has 0 saturated carbocycles. The molecule has 8 nitrogen and oxygen atoms in total. The Balaban J connectivity index is 1.30. The zero-order valence-corrected chi connectivity index (χ0v) is 14.7. The smallest absolute Gasteiger partial charge is 0.265 e. The standard InChI is InChI=1S/C17H23N7O/c1-21(2)17-19-16(25-20-17)13-23-9-7-22(8-10-23)11-14-12-24-6-4-3-5-15(24)18-14/h3-6,12H,7-11,13H2,1-2H3. The third kappa shape index (κ3) is 3.64. The molecule has 8 heteroatoms. The number of aromatic nitrogens is 4. The SMILES string of the molecule is CN(C)c1noc(CN2CCN(Cc3cn4ccccc4n3)CC2)n1. The number of anilines is 1. The fraction of sp³-hybridized carbons (Fsp3) is 0.471. The van der Waals surface area contributed by atoms with Gasteiger partial charge >= 0.3 is 0 Å². The fourth-order valence-electron chi connectivity index (χ4n) is 3.08. The van der Waals surface area contributed by atoms with Gasteiger partial charge in [-0.2, -0.15) is 4.98 Å². The highest BCUT2D eigenvalue weighted by Gasteiger charge is 2.20. The summed E-state index contributed by atoms with van der Waals surface area (Å²) in [6.07, 6.45) is 4.15. The molecule has 0 atom stereocenters. The number of hydrogen-bond acceptors (Lipinski definition) is 7. The molecule has 3 aromatic rings. The van der Waals surface area contributed by atoms with Gasteiger partial charge in [-0.3, -0.25) is 9.80 Å². The Kier molecular flexibility index (Phi) is 4.37. The lowest BCUT2D eigenvalue weighted by molar-refractivity contribution is 0.111. The van der Waals surface area contributed by atoms with E-state index in [9.17, 15) is 0 Å². The van der Waals surface area contributed by atoms with Crippen LogP contribution in [0, 0.1) is 0 Å². The van der Waals surface area contributed by atoms with Crippen LogP contribution < -0.4 is 4.90 Å². The highest BCUT2D eigenvalue weighted by Crippen LogP contribution is 2.13. The van der Waals surface area contributed by atoms with E-state index in [0.29, 0.717) is 18.4 Å². The van der Waals surface area contributed by atoms with E-state index in [4.69, 9.17) is 4.52 Å². The van der Waals surface area contributed by atoms with Gasteiger partial charge in [-0.15, -0.1) is 0 Å². The maximum atomic E-state index is 5.31. The van der Waals surface area contributed by atoms with Crippen molar-refractivity contribution in [1.82, 2.24) is 29.3 Å². The van der Waals surface area contributed by atoms with Crippen molar-refractivity contribution < 1.29 is 4.52 Å². The zero-order chi connectivity index (χ0) is 17.2. The summed E-state index contributed by atoms with van der Waals surface area (Å²) < 4.78 is 7.39. The maximum absolute atomic E-state index is 5.31. The predicted molar refractivity (Wildman–Crippen MR) is 94.4 cm³/mol. The van der Waals surface area contributed by atoms with Crippen LogP contribution in [-0.4, -0.2) is 69.6 Å². The van der Waals surface area contributed by atoms with Crippen molar-refractivity contribution in [2.45, 2.75) is 13.1 Å². The third-order valence-corrected chi connectivity index (χ3v) is 4.48. The van der Waals surface area contributed by atoms with Crippen molar-refractivity contribution in [3.8, 4) is 0 Å². The molecule has 0 unspecified atom stereocenters. The van der Waals surface area contributed by atoms with Crippen molar-refractivity contribution in [2.75, 3.05) is 45.2 Å². The Hall–Kier alpha value is -2.45. The van der Waals surface area contributed by atoms with E-state index < -0.39 is 0 Å². The van der Waals surface area contributed by atoms with E-state index in [1.54, 1.807) is 0 Å². The first kappa shape index (κ1) is 16.0. The third-order valence-electron chi connectivity index (χ3n) is 4.48. The molecule has 0 N–H and O–H groups in total. The zero-order valence-electron chi connectivity index (χ0n) is 14.7. The Morgan fingerprint density at radius 2 is 1.80 bits per heavy atom. The molecule has 0 radical (unpaired) electrons. The summed E-state index contributed by atoms with van der Waals surface area (Å²) in [4.78, 5) is 15.7. The molecule has 4 rings (SSSR count). The number of imidazole rings is 1. The largest absolute Gasteiger partial charge is 0.344 e. The minimum Gasteiger partial charge on any atom is -0.344 e. The molecule has 3 aromatic heterocycles. The van der Waals surface area contributed by atoms with Crippen molar-refractivity contribution in [3.63, 3.8) is 0 Å². The molecule has 0 bridgehead atoms. The van der Waals surface area contributed by atoms with Crippen molar-refractivity contribution in [1.29, 1.82) is 0 Å². The second-order valence-electron chi connectivity index (χ2n) is 6.63. The molecule has 1 fully saturated rings. The Morgan fingerprint density at radius 1 is 1.04 bits per heavy atom. The summed E-state index contributed by atoms with van der Waals surface area (Å²) in [7, 11) is 3.82. The molecule has 1 saturated heterocycles. The molecule has 1 aliphatic rings. The van der Waals surface area contributed by atoms with Crippen LogP contribution in [0.2, 0.25) is 0 Å². The number of hydrogen-bond donors (Lipinski definition) is 0. The molecular weight excluding hydrogens is 318 g/mol. The van der Waals surface area contributed by atoms with E-state index in [1.807, 2.05) is 43.4 Å². The van der Waals surface area contributed by atoms with Gasteiger partial charge in [0.25, 0.3) is 5.95 Å². The first-order valence-electron chi connectivity index (χ1n) is 8.54. The van der Waals surface area contributed by atoms with Crippen molar-refractivity contribution >= 4 is 11.6 Å². The summed E-state index contributed by atoms with van der Waals surface area (Å²) in [5.74, 6) is 1.30. The summed E-state index contributed by atoms with van der Waals surface area (Å²) in [6.45, 7) is 5.62. The van der Waals surface area contributed by atoms with Crippen molar-refractivity contribution in [3.05, 3.63) is 42.2 Å². The maximum Gasteiger partial charge on any atom is 0.265 e. The van der Waals surface area contributed by atoms with Gasteiger partial charge in [-0.25, -0.2) is 4.98 Å². The van der Waals surface area contributed by atoms with Crippen LogP contribution >= 0.6 is 0 Å². The van der Waals surface area contributed by atoms with Crippen LogP contribution in [0.25, 0.3) is 5.65 Å². The van der Waals surface area contributed by atoms with Crippen LogP contribution in [0.15, 0.2) is 35.1 Å². The van der Waals surface area contributed by atoms with E-state index in [-0.39, 0.29) is 0 Å². The highest BCUT2D eigenvalue weighted by atomic mass is 16.5. The van der Waals surface area contributed by atoms with Gasteiger partial charge in [-0.1, -0.05) is 6.07 Å². The van der Waals surface area contributed by atoms with Crippen LogP contribution in [0.5, 0.6) is 0 Å². The number of fused-ring (bicyclic) bond motifs is 1. The van der Waals surface area contributed by atoms with Crippen LogP contribution in [0.1, 0.15) is 11.6 Å². The normalized spacial score (nSPS) is 16.6. The highest BCUT2D eigenvalue weighted by molar-refractivity contribution is 5.39. The molecule has 0 spiro atoms. The first-order chi connectivity index (χ1) is 12.2. The molecule has 0 aliphatic carbocycles. The van der Waals surface area contributed by atoms with Gasteiger partial charge in [0.05, 0.1) is 12.2 Å². The topological polar surface area (TPSA) is 65.9 Å². The monoisotopic (exact) mass is 341 g/mol. The number of pyridine rings is 1. The lowest BCUT2D eigenvalue weighted by atomic mass is 10.3. The molecule has 132 valence electrons. The van der Waals surface area contributed by atoms with E-state index in [1.165, 1.54) is 0 Å². The first-order valence-corrected chi connectivity index (χ1v) is 8.54. The van der Waals surface area contributed by atoms with Gasteiger partial charge in [0, 0.05) is 59.2 Å². The predicted octanol–water partition coefficient (Wildman–Crippen LogP) is 1.10. The lowest BCUT2D eigenvalue weighted by Gasteiger charge is -2.33. The lowest BCUT2D eigenvalue weighted by Crippen LogP contribution is -2.45. The number of nitrogens with zero attached hydrogens (tertiary/aromatic N) is 7. The van der Waals surface area contributed by atoms with E-state index in [0.717, 1.165) is 44.1 Å². The van der Waals surface area contributed by atoms with Crippen LogP contribution in [-0.2, 0) is 13.1 Å². The molecule has 4 heterocycles. The minimum absolute atomic E-state index is 0.625. The average Bonchev–Trinajstić information content (AvgIpc) is 3.23. The Morgan fingerprint density at radius 3 is 2.48 bits per heavy atom. The molecular formula is C17H23N7O. The number of rotatable bonds is 5. The number of piperazine rings is 1. The van der Waals surface area contributed by atoms with Gasteiger partial charge in [-0.05, 0) is 17.3 Å². The van der Waals surface area contributed by atoms with E-state index in [2.05, 4.69) is 35.5 Å². The van der Waals surface area contributed by atoms with Gasteiger partial charge in [0.15, 0.2) is 0 Å². The summed E-state index contributed by atoms with van der Waals surface area (Å²) in [5, 5.41) is 3.96. The molecule has 0 amide bonds. The summed E-state index contributed by atoms with van der Waals surface area (Å²) in [5.41, 5.74) is 2.12. The van der Waals surface area contributed by atoms with Crippen molar-refractivity contribution in [2.24, 2.45) is 0 Å². The minimum atomic E-state index is 0.625. The average molecular weight is 341 g/mol. The summed E-state index contributed by atoms with van der Waals surface area (Å²) >= 11 is 0. The Bertz CT molecular complexity index is 799. The second kappa shape index (κ2) is 6.81. The van der Waals surface area contributed by atoms with Gasteiger partial charge in [0.2, 0.25) is 5.89 Å². The van der Waals surface area contributed by atoms with Gasteiger partial charge in [0.1, 0.15) is 5.65 Å². The molecule has 25 heavy (non-hydrogen) atoms. The van der Waals surface area contributed by atoms with Crippen LogP contribution in [0.4, 0.5) is 5.95 Å². The fourth-order valence-corrected chi connectivity index (χ4v) is 3.08. The quantitative estimate of drug-likeness (QED) is 0.688. The second-order valence-corrected chi connectivity index (χ2v) is 6.63. The molecule has 0 aromatic carbocycles. The molecule has 1 aliphatic heterocycles. The Labute approximate surface area is 146 Å². The van der Waals surface area contributed by atoms with Gasteiger partial charge < -0.3 is 13.8 Å². The van der Waals surface area contributed by atoms with E-state index >= 15 is 0 Å². The van der Waals surface area contributed by atoms with Crippen LogP contribution in [0.3, 0.4) is 0 Å². The summed E-state index contributed by atoms with van der Waals surface area (Å²) in [6, 6.07) is 6.08.